The van der Waals surface area contributed by atoms with E-state index in [1.54, 1.807) is 30.6 Å². The van der Waals surface area contributed by atoms with Crippen LogP contribution in [0.25, 0.3) is 0 Å². The molecular weight excluding hydrogens is 296 g/mol. The minimum Gasteiger partial charge on any atom is -0.307 e. The molecule has 2 aromatic heterocycles. The maximum atomic E-state index is 12.1. The number of hydrogen-bond acceptors (Lipinski definition) is 4. The summed E-state index contributed by atoms with van der Waals surface area (Å²) in [5.74, 6) is 0. The van der Waals surface area contributed by atoms with Crippen molar-refractivity contribution in [2.24, 2.45) is 0 Å². The van der Waals surface area contributed by atoms with Crippen molar-refractivity contribution in [3.05, 3.63) is 61.2 Å². The number of anilines is 2. The molecule has 0 saturated heterocycles. The summed E-state index contributed by atoms with van der Waals surface area (Å²) in [5.41, 5.74) is 1.95. The lowest BCUT2D eigenvalue weighted by Crippen LogP contribution is -2.20. The predicted octanol–water partition coefficient (Wildman–Crippen LogP) is 2.55. The highest BCUT2D eigenvalue weighted by molar-refractivity contribution is 5.95. The number of carbonyl (C=O) groups excluding carboxylic acids is 2. The van der Waals surface area contributed by atoms with Gasteiger partial charge in [-0.1, -0.05) is 6.07 Å². The van der Waals surface area contributed by atoms with Crippen LogP contribution in [0.5, 0.6) is 0 Å². The molecule has 2 N–H and O–H groups in total. The van der Waals surface area contributed by atoms with Crippen molar-refractivity contribution >= 4 is 23.4 Å². The Morgan fingerprint density at radius 3 is 1.78 bits per heavy atom. The second-order valence-electron chi connectivity index (χ2n) is 4.78. The Bertz CT molecular complexity index is 757. The van der Waals surface area contributed by atoms with E-state index in [9.17, 15) is 9.59 Å². The standard InChI is InChI=1S/C15H14N6O2/c1-11-12(18-14(22)20-7-5-16-9-20)3-2-4-13(11)19-15(23)21-8-6-17-10-21/h2-10H,1H3,(H,18,22)(H,19,23). The lowest BCUT2D eigenvalue weighted by molar-refractivity contribution is 0.252. The molecule has 0 fully saturated rings. The van der Waals surface area contributed by atoms with Crippen LogP contribution in [0.4, 0.5) is 21.0 Å². The average molecular weight is 310 g/mol. The minimum atomic E-state index is -0.330. The molecule has 8 heteroatoms. The Kier molecular flexibility index (Phi) is 3.88. The zero-order chi connectivity index (χ0) is 16.2. The van der Waals surface area contributed by atoms with Crippen LogP contribution in [0.15, 0.2) is 55.6 Å². The molecule has 0 aliphatic carbocycles. The first kappa shape index (κ1) is 14.5. The molecule has 0 atom stereocenters. The highest BCUT2D eigenvalue weighted by Gasteiger charge is 2.11. The number of imidazole rings is 2. The highest BCUT2D eigenvalue weighted by Crippen LogP contribution is 2.23. The van der Waals surface area contributed by atoms with Crippen LogP contribution in [0.3, 0.4) is 0 Å². The summed E-state index contributed by atoms with van der Waals surface area (Å²) in [6, 6.07) is 4.61. The molecule has 3 aromatic rings. The fourth-order valence-electron chi connectivity index (χ4n) is 2.02. The Hall–Kier alpha value is -3.42. The van der Waals surface area contributed by atoms with Crippen LogP contribution in [0.1, 0.15) is 5.56 Å². The van der Waals surface area contributed by atoms with Gasteiger partial charge in [-0.3, -0.25) is 9.13 Å². The molecule has 0 unspecified atom stereocenters. The number of nitrogens with one attached hydrogen (secondary N) is 2. The van der Waals surface area contributed by atoms with Gasteiger partial charge in [0.05, 0.1) is 0 Å². The molecule has 0 saturated carbocycles. The first-order chi connectivity index (χ1) is 11.1. The molecule has 116 valence electrons. The molecule has 1 aromatic carbocycles. The second kappa shape index (κ2) is 6.14. The predicted molar refractivity (Wildman–Crippen MR) is 84.5 cm³/mol. The average Bonchev–Trinajstić information content (AvgIpc) is 3.24. The summed E-state index contributed by atoms with van der Waals surface area (Å²) in [4.78, 5) is 31.8. The van der Waals surface area contributed by atoms with Crippen LogP contribution in [0.2, 0.25) is 0 Å². The summed E-state index contributed by atoms with van der Waals surface area (Å²) >= 11 is 0. The Morgan fingerprint density at radius 2 is 1.39 bits per heavy atom. The number of aromatic nitrogens is 4. The first-order valence-electron chi connectivity index (χ1n) is 6.83. The van der Waals surface area contributed by atoms with E-state index in [4.69, 9.17) is 0 Å². The molecule has 2 amide bonds. The Labute approximate surface area is 131 Å². The van der Waals surface area contributed by atoms with Crippen molar-refractivity contribution in [1.82, 2.24) is 19.1 Å². The fourth-order valence-corrected chi connectivity index (χ4v) is 2.02. The third-order valence-corrected chi connectivity index (χ3v) is 3.29. The van der Waals surface area contributed by atoms with E-state index in [0.717, 1.165) is 5.56 Å². The van der Waals surface area contributed by atoms with Gasteiger partial charge >= 0.3 is 12.1 Å². The Balaban J connectivity index is 1.78. The van der Waals surface area contributed by atoms with Crippen LogP contribution < -0.4 is 10.6 Å². The summed E-state index contributed by atoms with van der Waals surface area (Å²) in [6.45, 7) is 1.81. The van der Waals surface area contributed by atoms with Gasteiger partial charge in [0.15, 0.2) is 0 Å². The third kappa shape index (κ3) is 3.10. The van der Waals surface area contributed by atoms with E-state index >= 15 is 0 Å². The fraction of sp³-hybridized carbons (Fsp3) is 0.0667. The number of rotatable bonds is 2. The zero-order valence-electron chi connectivity index (χ0n) is 12.3. The Morgan fingerprint density at radius 1 is 0.913 bits per heavy atom. The van der Waals surface area contributed by atoms with Crippen molar-refractivity contribution in [3.63, 3.8) is 0 Å². The first-order valence-corrected chi connectivity index (χ1v) is 6.83. The lowest BCUT2D eigenvalue weighted by Gasteiger charge is -2.13. The van der Waals surface area contributed by atoms with Crippen molar-refractivity contribution in [3.8, 4) is 0 Å². The van der Waals surface area contributed by atoms with Gasteiger partial charge in [-0.15, -0.1) is 0 Å². The molecule has 0 bridgehead atoms. The highest BCUT2D eigenvalue weighted by atomic mass is 16.2. The van der Waals surface area contributed by atoms with Gasteiger partial charge in [0.2, 0.25) is 0 Å². The molecule has 3 rings (SSSR count). The second-order valence-corrected chi connectivity index (χ2v) is 4.78. The lowest BCUT2D eigenvalue weighted by atomic mass is 10.1. The molecule has 0 radical (unpaired) electrons. The number of carbonyl (C=O) groups is 2. The van der Waals surface area contributed by atoms with Gasteiger partial charge in [-0.05, 0) is 24.6 Å². The maximum absolute atomic E-state index is 12.1. The quantitative estimate of drug-likeness (QED) is 0.760. The smallest absolute Gasteiger partial charge is 0.307 e. The van der Waals surface area contributed by atoms with E-state index in [0.29, 0.717) is 11.4 Å². The number of amides is 2. The van der Waals surface area contributed by atoms with Crippen LogP contribution in [-0.2, 0) is 0 Å². The third-order valence-electron chi connectivity index (χ3n) is 3.29. The number of nitrogens with zero attached hydrogens (tertiary/aromatic N) is 4. The number of hydrogen-bond donors (Lipinski definition) is 2. The van der Waals surface area contributed by atoms with Crippen molar-refractivity contribution in [2.45, 2.75) is 6.92 Å². The van der Waals surface area contributed by atoms with E-state index in [-0.39, 0.29) is 12.1 Å². The largest absolute Gasteiger partial charge is 0.331 e. The van der Waals surface area contributed by atoms with Gasteiger partial charge in [-0.2, -0.15) is 0 Å². The molecule has 0 aliphatic rings. The molecule has 2 heterocycles. The van der Waals surface area contributed by atoms with Gasteiger partial charge in [0, 0.05) is 36.2 Å². The van der Waals surface area contributed by atoms with Crippen molar-refractivity contribution < 1.29 is 9.59 Å². The van der Waals surface area contributed by atoms with E-state index in [2.05, 4.69) is 20.6 Å². The van der Waals surface area contributed by atoms with Crippen LogP contribution in [-0.4, -0.2) is 31.2 Å². The normalized spacial score (nSPS) is 10.3. The molecule has 0 spiro atoms. The van der Waals surface area contributed by atoms with E-state index in [1.807, 2.05) is 6.92 Å². The van der Waals surface area contributed by atoms with Gasteiger partial charge < -0.3 is 10.6 Å². The summed E-state index contributed by atoms with van der Waals surface area (Å²) in [7, 11) is 0. The van der Waals surface area contributed by atoms with Crippen molar-refractivity contribution in [1.29, 1.82) is 0 Å². The molecule has 0 aliphatic heterocycles. The topological polar surface area (TPSA) is 93.8 Å². The number of benzene rings is 1. The monoisotopic (exact) mass is 310 g/mol. The van der Waals surface area contributed by atoms with Crippen molar-refractivity contribution in [2.75, 3.05) is 10.6 Å². The maximum Gasteiger partial charge on any atom is 0.331 e. The van der Waals surface area contributed by atoms with Gasteiger partial charge in [-0.25, -0.2) is 19.6 Å². The SMILES string of the molecule is Cc1c(NC(=O)n2ccnc2)cccc1NC(=O)n1ccnc1. The van der Waals surface area contributed by atoms with E-state index < -0.39 is 0 Å². The van der Waals surface area contributed by atoms with Gasteiger partial charge in [0.1, 0.15) is 12.7 Å². The zero-order valence-corrected chi connectivity index (χ0v) is 12.3. The minimum absolute atomic E-state index is 0.330. The van der Waals surface area contributed by atoms with Crippen LogP contribution >= 0.6 is 0 Å². The van der Waals surface area contributed by atoms with Crippen LogP contribution in [0, 0.1) is 6.92 Å². The molecular formula is C15H14N6O2. The summed E-state index contributed by atoms with van der Waals surface area (Å²) in [5, 5.41) is 5.55. The van der Waals surface area contributed by atoms with E-state index in [1.165, 1.54) is 34.2 Å². The molecule has 23 heavy (non-hydrogen) atoms. The summed E-state index contributed by atoms with van der Waals surface area (Å²) in [6.07, 6.45) is 8.97. The molecule has 8 nitrogen and oxygen atoms in total. The summed E-state index contributed by atoms with van der Waals surface area (Å²) < 4.78 is 2.66. The van der Waals surface area contributed by atoms with Gasteiger partial charge in [0.25, 0.3) is 0 Å².